The highest BCUT2D eigenvalue weighted by atomic mass is 16.3. The first kappa shape index (κ1) is 12.7. The lowest BCUT2D eigenvalue weighted by atomic mass is 9.85. The maximum absolute atomic E-state index is 12.3. The van der Waals surface area contributed by atoms with Crippen LogP contribution in [0.25, 0.3) is 0 Å². The Kier molecular flexibility index (Phi) is 3.55. The van der Waals surface area contributed by atoms with Crippen LogP contribution in [0.15, 0.2) is 17.2 Å². The molecule has 1 heterocycles. The number of aliphatic hydroxyl groups is 1. The first-order valence-corrected chi connectivity index (χ1v) is 7.24. The molecular formula is C14H21N3O2. The van der Waals surface area contributed by atoms with Gasteiger partial charge in [-0.1, -0.05) is 12.8 Å². The van der Waals surface area contributed by atoms with E-state index in [2.05, 4.69) is 10.3 Å². The Labute approximate surface area is 112 Å². The highest BCUT2D eigenvalue weighted by Gasteiger charge is 2.28. The SMILES string of the molecule is O=c1c(NC2CCCCC2CO)nccn1C1CC1. The summed E-state index contributed by atoms with van der Waals surface area (Å²) in [6, 6.07) is 0.546. The lowest BCUT2D eigenvalue weighted by Gasteiger charge is -2.31. The highest BCUT2D eigenvalue weighted by molar-refractivity contribution is 5.33. The summed E-state index contributed by atoms with van der Waals surface area (Å²) in [4.78, 5) is 16.5. The second-order valence-corrected chi connectivity index (χ2v) is 5.70. The number of hydrogen-bond donors (Lipinski definition) is 2. The standard InChI is InChI=1S/C14H21N3O2/c18-9-10-3-1-2-4-12(10)16-13-14(19)17(8-7-15-13)11-5-6-11/h7-8,10-12,18H,1-6,9H2,(H,15,16). The Morgan fingerprint density at radius 1 is 1.32 bits per heavy atom. The highest BCUT2D eigenvalue weighted by Crippen LogP contribution is 2.33. The summed E-state index contributed by atoms with van der Waals surface area (Å²) < 4.78 is 1.78. The van der Waals surface area contributed by atoms with Gasteiger partial charge in [-0.05, 0) is 25.7 Å². The number of rotatable bonds is 4. The number of nitrogens with zero attached hydrogens (tertiary/aromatic N) is 2. The van der Waals surface area contributed by atoms with Crippen molar-refractivity contribution in [2.45, 2.75) is 50.6 Å². The van der Waals surface area contributed by atoms with E-state index in [1.54, 1.807) is 17.0 Å². The van der Waals surface area contributed by atoms with Gasteiger partial charge < -0.3 is 15.0 Å². The van der Waals surface area contributed by atoms with Gasteiger partial charge in [0.2, 0.25) is 0 Å². The topological polar surface area (TPSA) is 67.2 Å². The second kappa shape index (κ2) is 5.33. The normalized spacial score (nSPS) is 27.2. The minimum atomic E-state index is -0.0211. The largest absolute Gasteiger partial charge is 0.396 e. The maximum Gasteiger partial charge on any atom is 0.293 e. The zero-order valence-electron chi connectivity index (χ0n) is 11.1. The molecule has 1 aromatic rings. The summed E-state index contributed by atoms with van der Waals surface area (Å²) in [5.74, 6) is 0.685. The summed E-state index contributed by atoms with van der Waals surface area (Å²) in [6.07, 6.45) is 9.99. The zero-order chi connectivity index (χ0) is 13.2. The van der Waals surface area contributed by atoms with Gasteiger partial charge >= 0.3 is 0 Å². The van der Waals surface area contributed by atoms with Crippen LogP contribution in [0.2, 0.25) is 0 Å². The smallest absolute Gasteiger partial charge is 0.293 e. The monoisotopic (exact) mass is 263 g/mol. The van der Waals surface area contributed by atoms with Gasteiger partial charge in [-0.3, -0.25) is 4.79 Å². The fourth-order valence-electron chi connectivity index (χ4n) is 2.96. The lowest BCUT2D eigenvalue weighted by molar-refractivity contribution is 0.178. The minimum absolute atomic E-state index is 0.0211. The maximum atomic E-state index is 12.3. The van der Waals surface area contributed by atoms with Crippen LogP contribution < -0.4 is 10.9 Å². The van der Waals surface area contributed by atoms with Crippen LogP contribution >= 0.6 is 0 Å². The third kappa shape index (κ3) is 2.66. The van der Waals surface area contributed by atoms with Gasteiger partial charge in [-0.2, -0.15) is 0 Å². The van der Waals surface area contributed by atoms with Crippen molar-refractivity contribution in [3.8, 4) is 0 Å². The van der Waals surface area contributed by atoms with Gasteiger partial charge in [-0.15, -0.1) is 0 Å². The molecule has 0 spiro atoms. The van der Waals surface area contributed by atoms with E-state index < -0.39 is 0 Å². The average molecular weight is 263 g/mol. The molecule has 1 aromatic heterocycles. The van der Waals surface area contributed by atoms with Gasteiger partial charge in [0.1, 0.15) is 0 Å². The van der Waals surface area contributed by atoms with Gasteiger partial charge in [-0.25, -0.2) is 4.98 Å². The van der Waals surface area contributed by atoms with Crippen LogP contribution in [0, 0.1) is 5.92 Å². The predicted octanol–water partition coefficient (Wildman–Crippen LogP) is 1.54. The van der Waals surface area contributed by atoms with E-state index in [0.717, 1.165) is 38.5 Å². The molecule has 5 heteroatoms. The molecule has 5 nitrogen and oxygen atoms in total. The third-order valence-corrected chi connectivity index (χ3v) is 4.27. The van der Waals surface area contributed by atoms with E-state index in [1.165, 1.54) is 0 Å². The van der Waals surface area contributed by atoms with Crippen LogP contribution in [0.5, 0.6) is 0 Å². The van der Waals surface area contributed by atoms with E-state index in [9.17, 15) is 9.90 Å². The van der Waals surface area contributed by atoms with Crippen LogP contribution in [0.4, 0.5) is 5.82 Å². The summed E-state index contributed by atoms with van der Waals surface area (Å²) >= 11 is 0. The van der Waals surface area contributed by atoms with E-state index in [1.807, 2.05) is 0 Å². The fourth-order valence-corrected chi connectivity index (χ4v) is 2.96. The van der Waals surface area contributed by atoms with Crippen molar-refractivity contribution in [2.75, 3.05) is 11.9 Å². The van der Waals surface area contributed by atoms with Crippen molar-refractivity contribution in [2.24, 2.45) is 5.92 Å². The van der Waals surface area contributed by atoms with E-state index >= 15 is 0 Å². The molecule has 3 rings (SSSR count). The quantitative estimate of drug-likeness (QED) is 0.864. The Morgan fingerprint density at radius 2 is 2.11 bits per heavy atom. The molecule has 2 fully saturated rings. The molecule has 0 aliphatic heterocycles. The summed E-state index contributed by atoms with van der Waals surface area (Å²) in [5, 5.41) is 12.7. The average Bonchev–Trinajstić information content (AvgIpc) is 3.26. The van der Waals surface area contributed by atoms with Crippen molar-refractivity contribution in [3.05, 3.63) is 22.7 Å². The van der Waals surface area contributed by atoms with E-state index in [-0.39, 0.29) is 24.1 Å². The van der Waals surface area contributed by atoms with Gasteiger partial charge in [0.15, 0.2) is 5.82 Å². The second-order valence-electron chi connectivity index (χ2n) is 5.70. The first-order valence-electron chi connectivity index (χ1n) is 7.24. The Hall–Kier alpha value is -1.36. The summed E-state index contributed by atoms with van der Waals surface area (Å²) in [6.45, 7) is 0.182. The van der Waals surface area contributed by atoms with Crippen LogP contribution in [0.1, 0.15) is 44.6 Å². The number of hydrogen-bond acceptors (Lipinski definition) is 4. The molecule has 0 aromatic carbocycles. The number of anilines is 1. The number of aromatic nitrogens is 2. The number of nitrogens with one attached hydrogen (secondary N) is 1. The van der Waals surface area contributed by atoms with Gasteiger partial charge in [0.05, 0.1) is 0 Å². The molecule has 19 heavy (non-hydrogen) atoms. The number of aliphatic hydroxyl groups excluding tert-OH is 1. The van der Waals surface area contributed by atoms with E-state index in [4.69, 9.17) is 0 Å². The van der Waals surface area contributed by atoms with Crippen molar-refractivity contribution in [1.82, 2.24) is 9.55 Å². The first-order chi connectivity index (χ1) is 9.29. The molecule has 0 bridgehead atoms. The lowest BCUT2D eigenvalue weighted by Crippen LogP contribution is -2.37. The Bertz CT molecular complexity index is 496. The molecule has 0 radical (unpaired) electrons. The third-order valence-electron chi connectivity index (χ3n) is 4.27. The zero-order valence-corrected chi connectivity index (χ0v) is 11.1. The van der Waals surface area contributed by atoms with Gasteiger partial charge in [0.25, 0.3) is 5.56 Å². The minimum Gasteiger partial charge on any atom is -0.396 e. The Balaban J connectivity index is 1.78. The molecular weight excluding hydrogens is 242 g/mol. The predicted molar refractivity (Wildman–Crippen MR) is 73.2 cm³/mol. The van der Waals surface area contributed by atoms with Crippen LogP contribution in [-0.4, -0.2) is 27.3 Å². The van der Waals surface area contributed by atoms with Crippen molar-refractivity contribution < 1.29 is 5.11 Å². The molecule has 2 aliphatic rings. The van der Waals surface area contributed by atoms with Crippen LogP contribution in [-0.2, 0) is 0 Å². The molecule has 2 N–H and O–H groups in total. The molecule has 0 saturated heterocycles. The molecule has 2 saturated carbocycles. The fraction of sp³-hybridized carbons (Fsp3) is 0.714. The Morgan fingerprint density at radius 3 is 2.84 bits per heavy atom. The summed E-state index contributed by atoms with van der Waals surface area (Å²) in [5.41, 5.74) is -0.0211. The van der Waals surface area contributed by atoms with Crippen LogP contribution in [0.3, 0.4) is 0 Å². The van der Waals surface area contributed by atoms with Crippen molar-refractivity contribution in [3.63, 3.8) is 0 Å². The summed E-state index contributed by atoms with van der Waals surface area (Å²) in [7, 11) is 0. The van der Waals surface area contributed by atoms with Crippen molar-refractivity contribution >= 4 is 5.82 Å². The molecule has 2 aliphatic carbocycles. The van der Waals surface area contributed by atoms with Crippen molar-refractivity contribution in [1.29, 1.82) is 0 Å². The molecule has 0 amide bonds. The molecule has 2 unspecified atom stereocenters. The van der Waals surface area contributed by atoms with E-state index in [0.29, 0.717) is 11.9 Å². The van der Waals surface area contributed by atoms with Gasteiger partial charge in [0, 0.05) is 37.0 Å². The molecule has 2 atom stereocenters. The molecule has 104 valence electrons.